The van der Waals surface area contributed by atoms with E-state index in [1.807, 2.05) is 0 Å². The normalized spacial score (nSPS) is 25.8. The predicted octanol–water partition coefficient (Wildman–Crippen LogP) is 2.56. The molecule has 1 fully saturated rings. The van der Waals surface area contributed by atoms with Gasteiger partial charge in [0.25, 0.3) is 0 Å². The molecule has 0 saturated heterocycles. The Balaban J connectivity index is 2.09. The average Bonchev–Trinajstić information content (AvgIpc) is 2.34. The van der Waals surface area contributed by atoms with Crippen LogP contribution in [0.5, 0.6) is 5.75 Å². The van der Waals surface area contributed by atoms with Crippen LogP contribution in [0.15, 0.2) is 18.2 Å². The van der Waals surface area contributed by atoms with Gasteiger partial charge < -0.3 is 14.9 Å². The highest BCUT2D eigenvalue weighted by atomic mass is 19.1. The number of aliphatic hydroxyl groups is 2. The van der Waals surface area contributed by atoms with E-state index in [1.54, 1.807) is 13.0 Å². The van der Waals surface area contributed by atoms with Gasteiger partial charge in [0.05, 0.1) is 12.2 Å². The second-order valence-electron chi connectivity index (χ2n) is 4.87. The van der Waals surface area contributed by atoms with Gasteiger partial charge in [-0.1, -0.05) is 12.5 Å². The molecule has 4 heteroatoms. The Labute approximate surface area is 106 Å². The highest BCUT2D eigenvalue weighted by molar-refractivity contribution is 5.30. The number of rotatable bonds is 3. The first-order valence-electron chi connectivity index (χ1n) is 6.40. The van der Waals surface area contributed by atoms with Crippen LogP contribution >= 0.6 is 0 Å². The van der Waals surface area contributed by atoms with Crippen LogP contribution in [0.25, 0.3) is 0 Å². The number of hydrogen-bond donors (Lipinski definition) is 2. The zero-order valence-electron chi connectivity index (χ0n) is 10.5. The van der Waals surface area contributed by atoms with Crippen molar-refractivity contribution in [2.45, 2.75) is 50.9 Å². The van der Waals surface area contributed by atoms with Gasteiger partial charge in [-0.15, -0.1) is 0 Å². The quantitative estimate of drug-likeness (QED) is 0.871. The van der Waals surface area contributed by atoms with Crippen molar-refractivity contribution in [1.82, 2.24) is 0 Å². The number of ether oxygens (including phenoxy) is 1. The molecule has 1 aliphatic carbocycles. The van der Waals surface area contributed by atoms with E-state index >= 15 is 0 Å². The molecule has 0 aliphatic heterocycles. The summed E-state index contributed by atoms with van der Waals surface area (Å²) in [7, 11) is 0. The second-order valence-corrected chi connectivity index (χ2v) is 4.87. The highest BCUT2D eigenvalue weighted by Gasteiger charge is 2.25. The van der Waals surface area contributed by atoms with Crippen LogP contribution in [0.2, 0.25) is 0 Å². The van der Waals surface area contributed by atoms with Gasteiger partial charge in [0, 0.05) is 0 Å². The second kappa shape index (κ2) is 5.67. The third-order valence-electron chi connectivity index (χ3n) is 3.38. The van der Waals surface area contributed by atoms with E-state index in [0.29, 0.717) is 12.0 Å². The SMILES string of the molecule is CC(O)c1ccc(OC2CCCCC2O)c(F)c1. The number of benzene rings is 1. The molecular weight excluding hydrogens is 235 g/mol. The Kier molecular flexibility index (Phi) is 4.19. The molecule has 3 nitrogen and oxygen atoms in total. The molecule has 3 unspecified atom stereocenters. The Hall–Kier alpha value is -1.13. The van der Waals surface area contributed by atoms with Crippen molar-refractivity contribution in [3.8, 4) is 5.75 Å². The van der Waals surface area contributed by atoms with Crippen molar-refractivity contribution >= 4 is 0 Å². The summed E-state index contributed by atoms with van der Waals surface area (Å²) < 4.78 is 19.3. The fourth-order valence-electron chi connectivity index (χ4n) is 2.25. The zero-order chi connectivity index (χ0) is 13.1. The maximum Gasteiger partial charge on any atom is 0.165 e. The van der Waals surface area contributed by atoms with Crippen molar-refractivity contribution in [3.05, 3.63) is 29.6 Å². The maximum absolute atomic E-state index is 13.8. The minimum Gasteiger partial charge on any atom is -0.485 e. The Morgan fingerprint density at radius 3 is 2.67 bits per heavy atom. The fraction of sp³-hybridized carbons (Fsp3) is 0.571. The van der Waals surface area contributed by atoms with Crippen LogP contribution in [-0.2, 0) is 0 Å². The molecule has 1 aromatic carbocycles. The molecule has 0 spiro atoms. The molecule has 2 rings (SSSR count). The summed E-state index contributed by atoms with van der Waals surface area (Å²) in [6.45, 7) is 1.58. The summed E-state index contributed by atoms with van der Waals surface area (Å²) >= 11 is 0. The van der Waals surface area contributed by atoms with Gasteiger partial charge in [0.15, 0.2) is 11.6 Å². The lowest BCUT2D eigenvalue weighted by Gasteiger charge is -2.28. The first kappa shape index (κ1) is 13.3. The van der Waals surface area contributed by atoms with Crippen LogP contribution in [-0.4, -0.2) is 22.4 Å². The van der Waals surface area contributed by atoms with Crippen molar-refractivity contribution < 1.29 is 19.3 Å². The van der Waals surface area contributed by atoms with Gasteiger partial charge in [0.2, 0.25) is 0 Å². The van der Waals surface area contributed by atoms with Gasteiger partial charge in [-0.2, -0.15) is 0 Å². The van der Waals surface area contributed by atoms with Crippen molar-refractivity contribution in [2.24, 2.45) is 0 Å². The Morgan fingerprint density at radius 2 is 2.06 bits per heavy atom. The van der Waals surface area contributed by atoms with Crippen molar-refractivity contribution in [1.29, 1.82) is 0 Å². The maximum atomic E-state index is 13.8. The van der Waals surface area contributed by atoms with Crippen LogP contribution in [0.3, 0.4) is 0 Å². The lowest BCUT2D eigenvalue weighted by Crippen LogP contribution is -2.34. The third kappa shape index (κ3) is 3.00. The minimum absolute atomic E-state index is 0.144. The van der Waals surface area contributed by atoms with E-state index in [-0.39, 0.29) is 11.9 Å². The van der Waals surface area contributed by atoms with E-state index in [0.717, 1.165) is 19.3 Å². The molecule has 1 aromatic rings. The van der Waals surface area contributed by atoms with Gasteiger partial charge in [-0.05, 0) is 43.9 Å². The lowest BCUT2D eigenvalue weighted by atomic mass is 9.95. The minimum atomic E-state index is -0.700. The topological polar surface area (TPSA) is 49.7 Å². The van der Waals surface area contributed by atoms with Crippen LogP contribution in [0.1, 0.15) is 44.3 Å². The predicted molar refractivity (Wildman–Crippen MR) is 65.9 cm³/mol. The first-order valence-corrected chi connectivity index (χ1v) is 6.40. The van der Waals surface area contributed by atoms with E-state index in [1.165, 1.54) is 12.1 Å². The third-order valence-corrected chi connectivity index (χ3v) is 3.38. The summed E-state index contributed by atoms with van der Waals surface area (Å²) in [5.74, 6) is -0.350. The zero-order valence-corrected chi connectivity index (χ0v) is 10.5. The summed E-state index contributed by atoms with van der Waals surface area (Å²) in [5, 5.41) is 19.1. The monoisotopic (exact) mass is 254 g/mol. The van der Waals surface area contributed by atoms with Crippen LogP contribution in [0, 0.1) is 5.82 Å². The molecule has 100 valence electrons. The van der Waals surface area contributed by atoms with Crippen molar-refractivity contribution in [2.75, 3.05) is 0 Å². The number of hydrogen-bond acceptors (Lipinski definition) is 3. The first-order chi connectivity index (χ1) is 8.58. The van der Waals surface area contributed by atoms with Gasteiger partial charge >= 0.3 is 0 Å². The standard InChI is InChI=1S/C14H19FO3/c1-9(16)10-6-7-13(11(15)8-10)18-14-5-3-2-4-12(14)17/h6-9,12,14,16-17H,2-5H2,1H3. The van der Waals surface area contributed by atoms with Crippen LogP contribution in [0.4, 0.5) is 4.39 Å². The summed E-state index contributed by atoms with van der Waals surface area (Å²) in [5.41, 5.74) is 0.518. The summed E-state index contributed by atoms with van der Waals surface area (Å²) in [6.07, 6.45) is 1.89. The molecule has 3 atom stereocenters. The number of aliphatic hydroxyl groups excluding tert-OH is 2. The molecule has 0 radical (unpaired) electrons. The smallest absolute Gasteiger partial charge is 0.165 e. The molecular formula is C14H19FO3. The highest BCUT2D eigenvalue weighted by Crippen LogP contribution is 2.27. The molecule has 0 bridgehead atoms. The summed E-state index contributed by atoms with van der Waals surface area (Å²) in [6, 6.07) is 4.42. The molecule has 0 amide bonds. The van der Waals surface area contributed by atoms with Gasteiger partial charge in [-0.25, -0.2) is 4.39 Å². The molecule has 2 N–H and O–H groups in total. The number of halogens is 1. The van der Waals surface area contributed by atoms with Gasteiger partial charge in [-0.3, -0.25) is 0 Å². The lowest BCUT2D eigenvalue weighted by molar-refractivity contribution is 0.00495. The molecule has 0 aromatic heterocycles. The Bertz CT molecular complexity index is 406. The van der Waals surface area contributed by atoms with Crippen LogP contribution < -0.4 is 4.74 Å². The van der Waals surface area contributed by atoms with Gasteiger partial charge in [0.1, 0.15) is 6.10 Å². The Morgan fingerprint density at radius 1 is 1.33 bits per heavy atom. The molecule has 1 saturated carbocycles. The van der Waals surface area contributed by atoms with E-state index in [2.05, 4.69) is 0 Å². The molecule has 18 heavy (non-hydrogen) atoms. The van der Waals surface area contributed by atoms with E-state index in [4.69, 9.17) is 4.74 Å². The summed E-state index contributed by atoms with van der Waals surface area (Å²) in [4.78, 5) is 0. The largest absolute Gasteiger partial charge is 0.485 e. The van der Waals surface area contributed by atoms with Crippen molar-refractivity contribution in [3.63, 3.8) is 0 Å². The average molecular weight is 254 g/mol. The fourth-order valence-corrected chi connectivity index (χ4v) is 2.25. The van der Waals surface area contributed by atoms with E-state index < -0.39 is 18.0 Å². The molecule has 0 heterocycles. The molecule has 1 aliphatic rings. The van der Waals surface area contributed by atoms with E-state index in [9.17, 15) is 14.6 Å².